The number of carbonyl (C=O) groups is 3. The lowest BCUT2D eigenvalue weighted by Crippen LogP contribution is -2.59. The molecular weight excluding hydrogens is 434 g/mol. The number of aliphatic hydroxyl groups is 1. The number of hydrogen-bond donors (Lipinski definition) is 3. The van der Waals surface area contributed by atoms with Crippen LogP contribution in [0.2, 0.25) is 0 Å². The molecule has 0 aromatic heterocycles. The minimum Gasteiger partial charge on any atom is -0.396 e. The van der Waals surface area contributed by atoms with Crippen LogP contribution in [-0.2, 0) is 19.1 Å². The fourth-order valence-corrected chi connectivity index (χ4v) is 6.70. The molecule has 3 fully saturated rings. The van der Waals surface area contributed by atoms with Crippen LogP contribution in [0.3, 0.4) is 0 Å². The van der Waals surface area contributed by atoms with Gasteiger partial charge in [-0.25, -0.2) is 0 Å². The third kappa shape index (κ3) is 5.27. The van der Waals surface area contributed by atoms with Crippen LogP contribution in [0.15, 0.2) is 0 Å². The second kappa shape index (κ2) is 10.1. The number of aliphatic hydroxyl groups excluding tert-OH is 1. The summed E-state index contributed by atoms with van der Waals surface area (Å²) in [5.74, 6) is -1.64. The number of rotatable bonds is 11. The van der Waals surface area contributed by atoms with E-state index in [2.05, 4.69) is 31.4 Å². The first-order valence-corrected chi connectivity index (χ1v) is 13.1. The number of carbonyl (C=O) groups excluding carboxylic acids is 3. The Hall–Kier alpha value is -1.67. The van der Waals surface area contributed by atoms with E-state index < -0.39 is 29.0 Å². The van der Waals surface area contributed by atoms with Crippen LogP contribution in [0, 0.1) is 17.3 Å². The molecule has 3 heterocycles. The zero-order valence-electron chi connectivity index (χ0n) is 21.9. The summed E-state index contributed by atoms with van der Waals surface area (Å²) >= 11 is 0. The highest BCUT2D eigenvalue weighted by Gasteiger charge is 2.74. The second-order valence-electron chi connectivity index (χ2n) is 12.3. The average Bonchev–Trinajstić information content (AvgIpc) is 3.34. The van der Waals surface area contributed by atoms with Crippen molar-refractivity contribution >= 4 is 17.7 Å². The summed E-state index contributed by atoms with van der Waals surface area (Å²) in [6.45, 7) is 13.5. The number of unbranched alkanes of at least 4 members (excludes halogenated alkanes) is 2. The Morgan fingerprint density at radius 3 is 2.47 bits per heavy atom. The van der Waals surface area contributed by atoms with Gasteiger partial charge in [0.2, 0.25) is 17.7 Å². The van der Waals surface area contributed by atoms with E-state index in [1.807, 2.05) is 20.8 Å². The Morgan fingerprint density at radius 2 is 1.85 bits per heavy atom. The van der Waals surface area contributed by atoms with Crippen molar-refractivity contribution in [2.75, 3.05) is 19.7 Å². The van der Waals surface area contributed by atoms with Gasteiger partial charge in [-0.2, -0.15) is 0 Å². The second-order valence-corrected chi connectivity index (χ2v) is 12.3. The number of amides is 3. The lowest BCUT2D eigenvalue weighted by atomic mass is 9.70. The topological polar surface area (TPSA) is 108 Å². The van der Waals surface area contributed by atoms with E-state index in [1.165, 1.54) is 0 Å². The van der Waals surface area contributed by atoms with Gasteiger partial charge >= 0.3 is 0 Å². The molecule has 0 aliphatic carbocycles. The van der Waals surface area contributed by atoms with Crippen molar-refractivity contribution in [2.45, 2.75) is 110 Å². The molecule has 3 amide bonds. The summed E-state index contributed by atoms with van der Waals surface area (Å²) in [4.78, 5) is 42.3. The molecule has 3 saturated heterocycles. The maximum Gasteiger partial charge on any atom is 0.246 e. The Balaban J connectivity index is 1.89. The van der Waals surface area contributed by atoms with Gasteiger partial charge in [0, 0.05) is 25.2 Å². The number of ether oxygens (including phenoxy) is 1. The minimum atomic E-state index is -0.950. The molecule has 3 N–H and O–H groups in total. The van der Waals surface area contributed by atoms with Gasteiger partial charge in [0.1, 0.15) is 11.6 Å². The highest BCUT2D eigenvalue weighted by Crippen LogP contribution is 2.58. The molecule has 2 bridgehead atoms. The molecule has 8 nitrogen and oxygen atoms in total. The maximum absolute atomic E-state index is 13.8. The maximum atomic E-state index is 13.8. The van der Waals surface area contributed by atoms with Crippen LogP contribution in [-0.4, -0.2) is 70.7 Å². The highest BCUT2D eigenvalue weighted by molar-refractivity contribution is 5.99. The van der Waals surface area contributed by atoms with Gasteiger partial charge in [-0.15, -0.1) is 0 Å². The fraction of sp³-hybridized carbons (Fsp3) is 0.885. The van der Waals surface area contributed by atoms with Crippen LogP contribution >= 0.6 is 0 Å². The van der Waals surface area contributed by atoms with Crippen LogP contribution < -0.4 is 10.6 Å². The van der Waals surface area contributed by atoms with Gasteiger partial charge in [-0.1, -0.05) is 27.7 Å². The molecule has 1 spiro atoms. The van der Waals surface area contributed by atoms with Crippen molar-refractivity contribution in [3.05, 3.63) is 0 Å². The number of fused-ring (bicyclic) bond motifs is 1. The third-order valence-electron chi connectivity index (χ3n) is 7.39. The Kier molecular flexibility index (Phi) is 8.03. The summed E-state index contributed by atoms with van der Waals surface area (Å²) in [7, 11) is 0. The van der Waals surface area contributed by atoms with Gasteiger partial charge in [0.05, 0.1) is 17.9 Å². The van der Waals surface area contributed by atoms with Gasteiger partial charge < -0.3 is 25.4 Å². The van der Waals surface area contributed by atoms with Gasteiger partial charge in [0.15, 0.2) is 0 Å². The molecule has 34 heavy (non-hydrogen) atoms. The number of hydrogen-bond acceptors (Lipinski definition) is 5. The summed E-state index contributed by atoms with van der Waals surface area (Å²) in [6.07, 6.45) is 4.69. The first-order chi connectivity index (χ1) is 15.9. The van der Waals surface area contributed by atoms with Gasteiger partial charge in [-0.05, 0) is 64.2 Å². The van der Waals surface area contributed by atoms with E-state index in [9.17, 15) is 14.4 Å². The highest BCUT2D eigenvalue weighted by atomic mass is 16.5. The summed E-state index contributed by atoms with van der Waals surface area (Å²) < 4.78 is 6.45. The molecular formula is C26H45N3O5. The van der Waals surface area contributed by atoms with Crippen molar-refractivity contribution in [1.29, 1.82) is 0 Å². The molecule has 194 valence electrons. The van der Waals surface area contributed by atoms with Crippen molar-refractivity contribution < 1.29 is 24.2 Å². The first-order valence-electron chi connectivity index (χ1n) is 13.1. The molecule has 0 saturated carbocycles. The predicted octanol–water partition coefficient (Wildman–Crippen LogP) is 2.38. The molecule has 3 aliphatic rings. The Bertz CT molecular complexity index is 777. The lowest BCUT2D eigenvalue weighted by molar-refractivity contribution is -0.143. The molecule has 5 atom stereocenters. The monoisotopic (exact) mass is 479 g/mol. The summed E-state index contributed by atoms with van der Waals surface area (Å²) in [6, 6.07) is -0.743. The Labute approximate surface area is 204 Å². The summed E-state index contributed by atoms with van der Waals surface area (Å²) in [5, 5.41) is 15.3. The van der Waals surface area contributed by atoms with Crippen molar-refractivity contribution in [3.63, 3.8) is 0 Å². The summed E-state index contributed by atoms with van der Waals surface area (Å²) in [5.41, 5.74) is -1.38. The first kappa shape index (κ1) is 26.9. The quantitative estimate of drug-likeness (QED) is 0.394. The van der Waals surface area contributed by atoms with Gasteiger partial charge in [0.25, 0.3) is 0 Å². The minimum absolute atomic E-state index is 0.0256. The van der Waals surface area contributed by atoms with Gasteiger partial charge in [-0.3, -0.25) is 14.4 Å². The van der Waals surface area contributed by atoms with E-state index in [1.54, 1.807) is 4.90 Å². The van der Waals surface area contributed by atoms with E-state index in [4.69, 9.17) is 9.84 Å². The third-order valence-corrected chi connectivity index (χ3v) is 7.39. The zero-order chi connectivity index (χ0) is 25.3. The SMILES string of the molecule is CCCNC(=O)[C@@H]1[C@@H]2CCC3(O2)C(C(=O)NC(C)(C)CC(C)(C)C)N(CCCCCO)C(=O)[C@H]13. The molecule has 3 rings (SSSR count). The van der Waals surface area contributed by atoms with Crippen molar-refractivity contribution in [1.82, 2.24) is 15.5 Å². The van der Waals surface area contributed by atoms with E-state index in [0.717, 1.165) is 19.3 Å². The average molecular weight is 480 g/mol. The number of nitrogens with zero attached hydrogens (tertiary/aromatic N) is 1. The molecule has 2 unspecified atom stereocenters. The smallest absolute Gasteiger partial charge is 0.246 e. The lowest BCUT2D eigenvalue weighted by Gasteiger charge is -2.38. The largest absolute Gasteiger partial charge is 0.396 e. The van der Waals surface area contributed by atoms with Crippen molar-refractivity contribution in [2.24, 2.45) is 17.3 Å². The normalized spacial score (nSPS) is 30.6. The standard InChI is InChI=1S/C26H45N3O5/c1-7-13-27-21(31)18-17-11-12-26(34-17)19(18)23(33)29(14-9-8-10-15-30)20(26)22(32)28-25(5,6)16-24(2,3)4/h17-20,30H,7-16H2,1-6H3,(H,27,31)(H,28,32)/t17-,18+,19-,20?,26?/m0/s1. The van der Waals surface area contributed by atoms with Crippen LogP contribution in [0.4, 0.5) is 0 Å². The molecule has 0 radical (unpaired) electrons. The zero-order valence-corrected chi connectivity index (χ0v) is 21.9. The predicted molar refractivity (Wildman–Crippen MR) is 130 cm³/mol. The van der Waals surface area contributed by atoms with E-state index in [0.29, 0.717) is 38.8 Å². The fourth-order valence-electron chi connectivity index (χ4n) is 6.70. The molecule has 0 aromatic carbocycles. The van der Waals surface area contributed by atoms with E-state index in [-0.39, 0.29) is 35.8 Å². The molecule has 3 aliphatic heterocycles. The van der Waals surface area contributed by atoms with Crippen LogP contribution in [0.5, 0.6) is 0 Å². The number of likely N-dealkylation sites (tertiary alicyclic amines) is 1. The van der Waals surface area contributed by atoms with E-state index >= 15 is 0 Å². The Morgan fingerprint density at radius 1 is 1.15 bits per heavy atom. The van der Waals surface area contributed by atoms with Crippen LogP contribution in [0.25, 0.3) is 0 Å². The molecule has 0 aromatic rings. The van der Waals surface area contributed by atoms with Crippen LogP contribution in [0.1, 0.15) is 86.5 Å². The molecule has 8 heteroatoms. The number of nitrogens with one attached hydrogen (secondary N) is 2. The van der Waals surface area contributed by atoms with Crippen molar-refractivity contribution in [3.8, 4) is 0 Å².